The molecular formula is C17H22F3N5OS2. The fourth-order valence-corrected chi connectivity index (χ4v) is 4.48. The molecule has 0 saturated carbocycles. The van der Waals surface area contributed by atoms with Gasteiger partial charge in [0.05, 0.1) is 25.8 Å². The van der Waals surface area contributed by atoms with Crippen LogP contribution in [0.15, 0.2) is 27.9 Å². The molecule has 1 aliphatic heterocycles. The minimum absolute atomic E-state index is 0.180. The first-order valence-corrected chi connectivity index (χ1v) is 10.5. The smallest absolute Gasteiger partial charge is 0.379 e. The fraction of sp³-hybridized carbons (Fsp3) is 0.529. The fourth-order valence-electron chi connectivity index (χ4n) is 2.88. The Morgan fingerprint density at radius 2 is 2.11 bits per heavy atom. The van der Waals surface area contributed by atoms with Gasteiger partial charge in [0.1, 0.15) is 5.01 Å². The third kappa shape index (κ3) is 5.66. The highest BCUT2D eigenvalue weighted by atomic mass is 32.1. The molecule has 3 heterocycles. The Morgan fingerprint density at radius 3 is 2.71 bits per heavy atom. The Bertz CT molecular complexity index is 757. The highest BCUT2D eigenvalue weighted by molar-refractivity contribution is 7.10. The summed E-state index contributed by atoms with van der Waals surface area (Å²) in [5, 5.41) is 9.75. The van der Waals surface area contributed by atoms with Crippen LogP contribution in [0.4, 0.5) is 13.2 Å². The molecule has 11 heteroatoms. The number of alkyl halides is 3. The molecule has 154 valence electrons. The van der Waals surface area contributed by atoms with Gasteiger partial charge in [-0.1, -0.05) is 6.07 Å². The lowest BCUT2D eigenvalue weighted by atomic mass is 10.2. The molecule has 0 aromatic carbocycles. The number of halogens is 3. The number of nitrogens with zero attached hydrogens (tertiary/aromatic N) is 3. The number of aromatic nitrogens is 1. The van der Waals surface area contributed by atoms with E-state index in [-0.39, 0.29) is 12.6 Å². The topological polar surface area (TPSA) is 61.8 Å². The van der Waals surface area contributed by atoms with E-state index in [1.54, 1.807) is 18.4 Å². The summed E-state index contributed by atoms with van der Waals surface area (Å²) >= 11 is 2.68. The van der Waals surface area contributed by atoms with E-state index in [2.05, 4.69) is 37.0 Å². The van der Waals surface area contributed by atoms with Gasteiger partial charge in [0.2, 0.25) is 0 Å². The number of guanidine groups is 1. The van der Waals surface area contributed by atoms with Crippen LogP contribution in [-0.4, -0.2) is 55.7 Å². The molecule has 0 aliphatic carbocycles. The zero-order valence-corrected chi connectivity index (χ0v) is 17.0. The normalized spacial score (nSPS) is 17.5. The average Bonchev–Trinajstić information content (AvgIpc) is 3.37. The van der Waals surface area contributed by atoms with Gasteiger partial charge in [0.15, 0.2) is 11.7 Å². The molecule has 2 aromatic heterocycles. The van der Waals surface area contributed by atoms with E-state index in [1.807, 2.05) is 6.07 Å². The van der Waals surface area contributed by atoms with Crippen molar-refractivity contribution in [1.29, 1.82) is 0 Å². The van der Waals surface area contributed by atoms with Gasteiger partial charge in [0, 0.05) is 36.9 Å². The van der Waals surface area contributed by atoms with E-state index < -0.39 is 11.9 Å². The van der Waals surface area contributed by atoms with Crippen molar-refractivity contribution in [2.75, 3.05) is 39.9 Å². The lowest BCUT2D eigenvalue weighted by Gasteiger charge is -2.34. The van der Waals surface area contributed by atoms with Crippen molar-refractivity contribution >= 4 is 28.6 Å². The highest BCUT2D eigenvalue weighted by Crippen LogP contribution is 2.30. The molecule has 1 unspecified atom stereocenters. The first kappa shape index (κ1) is 21.0. The molecule has 6 nitrogen and oxygen atoms in total. The van der Waals surface area contributed by atoms with Gasteiger partial charge in [-0.15, -0.1) is 22.7 Å². The van der Waals surface area contributed by atoms with Gasteiger partial charge < -0.3 is 15.4 Å². The average molecular weight is 434 g/mol. The predicted molar refractivity (Wildman–Crippen MR) is 105 cm³/mol. The molecule has 1 fully saturated rings. The Kier molecular flexibility index (Phi) is 7.27. The summed E-state index contributed by atoms with van der Waals surface area (Å²) in [6, 6.07) is 4.32. The standard InChI is InChI=1S/C17H22F3N5OS2/c1-21-16(23-10-15-24-14(11-28-15)17(18,19)20)22-9-12(13-3-2-8-27-13)25-4-6-26-7-5-25/h2-3,8,11-12H,4-7,9-10H2,1H3,(H2,21,22,23). The molecule has 3 rings (SSSR count). The van der Waals surface area contributed by atoms with Gasteiger partial charge in [-0.2, -0.15) is 13.2 Å². The van der Waals surface area contributed by atoms with Crippen LogP contribution in [0.2, 0.25) is 0 Å². The lowest BCUT2D eigenvalue weighted by Crippen LogP contribution is -2.46. The Morgan fingerprint density at radius 1 is 1.32 bits per heavy atom. The summed E-state index contributed by atoms with van der Waals surface area (Å²) < 4.78 is 43.4. The van der Waals surface area contributed by atoms with Gasteiger partial charge in [0.25, 0.3) is 0 Å². The molecule has 0 radical (unpaired) electrons. The molecule has 0 spiro atoms. The van der Waals surface area contributed by atoms with Crippen molar-refractivity contribution in [3.05, 3.63) is 38.5 Å². The number of hydrogen-bond acceptors (Lipinski definition) is 6. The molecule has 28 heavy (non-hydrogen) atoms. The van der Waals surface area contributed by atoms with Crippen molar-refractivity contribution < 1.29 is 17.9 Å². The maximum atomic E-state index is 12.7. The highest BCUT2D eigenvalue weighted by Gasteiger charge is 2.33. The first-order chi connectivity index (χ1) is 13.5. The van der Waals surface area contributed by atoms with E-state index in [0.29, 0.717) is 30.7 Å². The van der Waals surface area contributed by atoms with Crippen molar-refractivity contribution in [2.24, 2.45) is 4.99 Å². The van der Waals surface area contributed by atoms with E-state index in [9.17, 15) is 13.2 Å². The van der Waals surface area contributed by atoms with Crippen LogP contribution in [0.5, 0.6) is 0 Å². The van der Waals surface area contributed by atoms with Crippen LogP contribution < -0.4 is 10.6 Å². The second-order valence-corrected chi connectivity index (χ2v) is 8.03. The van der Waals surface area contributed by atoms with E-state index >= 15 is 0 Å². The lowest BCUT2D eigenvalue weighted by molar-refractivity contribution is -0.140. The van der Waals surface area contributed by atoms with Crippen LogP contribution in [-0.2, 0) is 17.5 Å². The number of aliphatic imine (C=N–C) groups is 1. The Balaban J connectivity index is 1.56. The molecule has 1 aliphatic rings. The zero-order chi connectivity index (χ0) is 20.0. The van der Waals surface area contributed by atoms with Crippen LogP contribution >= 0.6 is 22.7 Å². The van der Waals surface area contributed by atoms with Gasteiger partial charge >= 0.3 is 6.18 Å². The third-order valence-corrected chi connectivity index (χ3v) is 6.12. The van der Waals surface area contributed by atoms with Crippen LogP contribution in [0.25, 0.3) is 0 Å². The van der Waals surface area contributed by atoms with Crippen molar-refractivity contribution in [2.45, 2.75) is 18.8 Å². The number of ether oxygens (including phenoxy) is 1. The second kappa shape index (κ2) is 9.68. The number of nitrogens with one attached hydrogen (secondary N) is 2. The minimum atomic E-state index is -4.42. The molecule has 1 saturated heterocycles. The predicted octanol–water partition coefficient (Wildman–Crippen LogP) is 2.96. The van der Waals surface area contributed by atoms with Crippen LogP contribution in [0.3, 0.4) is 0 Å². The Labute approximate surface area is 169 Å². The molecule has 0 amide bonds. The number of hydrogen-bond donors (Lipinski definition) is 2. The van der Waals surface area contributed by atoms with E-state index in [4.69, 9.17) is 4.74 Å². The number of thiazole rings is 1. The van der Waals surface area contributed by atoms with Crippen molar-refractivity contribution in [3.63, 3.8) is 0 Å². The second-order valence-electron chi connectivity index (χ2n) is 6.11. The van der Waals surface area contributed by atoms with Gasteiger partial charge in [-0.05, 0) is 11.4 Å². The molecular weight excluding hydrogens is 411 g/mol. The molecule has 2 N–H and O–H groups in total. The van der Waals surface area contributed by atoms with Crippen molar-refractivity contribution in [3.8, 4) is 0 Å². The molecule has 0 bridgehead atoms. The van der Waals surface area contributed by atoms with Gasteiger partial charge in [-0.25, -0.2) is 4.98 Å². The first-order valence-electron chi connectivity index (χ1n) is 8.78. The number of thiophene rings is 1. The van der Waals surface area contributed by atoms with E-state index in [1.165, 1.54) is 4.88 Å². The summed E-state index contributed by atoms with van der Waals surface area (Å²) in [5.41, 5.74) is -0.859. The molecule has 2 aromatic rings. The zero-order valence-electron chi connectivity index (χ0n) is 15.3. The summed E-state index contributed by atoms with van der Waals surface area (Å²) in [6.45, 7) is 3.94. The molecule has 1 atom stereocenters. The monoisotopic (exact) mass is 433 g/mol. The van der Waals surface area contributed by atoms with Crippen LogP contribution in [0.1, 0.15) is 21.6 Å². The SMILES string of the molecule is CN=C(NCc1nc(C(F)(F)F)cs1)NCC(c1cccs1)N1CCOCC1. The Hall–Kier alpha value is -1.69. The van der Waals surface area contributed by atoms with Crippen molar-refractivity contribution in [1.82, 2.24) is 20.5 Å². The maximum Gasteiger partial charge on any atom is 0.434 e. The quantitative estimate of drug-likeness (QED) is 0.542. The van der Waals surface area contributed by atoms with Crippen LogP contribution in [0, 0.1) is 0 Å². The minimum Gasteiger partial charge on any atom is -0.379 e. The summed E-state index contributed by atoms with van der Waals surface area (Å²) in [7, 11) is 1.63. The third-order valence-electron chi connectivity index (χ3n) is 4.29. The summed E-state index contributed by atoms with van der Waals surface area (Å²) in [5.74, 6) is 0.526. The number of rotatable bonds is 6. The van der Waals surface area contributed by atoms with Gasteiger partial charge in [-0.3, -0.25) is 9.89 Å². The number of morpholine rings is 1. The largest absolute Gasteiger partial charge is 0.434 e. The summed E-state index contributed by atoms with van der Waals surface area (Å²) in [6.07, 6.45) is -4.42. The maximum absolute atomic E-state index is 12.7. The summed E-state index contributed by atoms with van der Waals surface area (Å²) in [4.78, 5) is 11.4. The van der Waals surface area contributed by atoms with E-state index in [0.717, 1.165) is 29.8 Å².